The Hall–Kier alpha value is -1.71. The Morgan fingerprint density at radius 2 is 1.79 bits per heavy atom. The molecule has 0 aliphatic rings. The molecule has 72 valence electrons. The van der Waals surface area contributed by atoms with Crippen LogP contribution in [0.5, 0.6) is 0 Å². The van der Waals surface area contributed by atoms with E-state index in [1.807, 2.05) is 6.92 Å². The van der Waals surface area contributed by atoms with Crippen LogP contribution in [0.15, 0.2) is 30.5 Å². The van der Waals surface area contributed by atoms with Gasteiger partial charge in [0.1, 0.15) is 11.6 Å². The maximum atomic E-state index is 12.8. The number of aryl methyl sites for hydroxylation is 1. The highest BCUT2D eigenvalue weighted by Crippen LogP contribution is 2.12. The van der Waals surface area contributed by atoms with Crippen LogP contribution in [0.1, 0.15) is 5.69 Å². The van der Waals surface area contributed by atoms with Gasteiger partial charge in [-0.2, -0.15) is 5.10 Å². The first kappa shape index (κ1) is 8.87. The van der Waals surface area contributed by atoms with Crippen LogP contribution in [0.4, 0.5) is 8.78 Å². The zero-order valence-corrected chi connectivity index (χ0v) is 7.54. The molecule has 0 saturated carbocycles. The predicted molar refractivity (Wildman–Crippen MR) is 48.2 cm³/mol. The summed E-state index contributed by atoms with van der Waals surface area (Å²) in [6, 6.07) is 5.06. The van der Waals surface area contributed by atoms with Crippen molar-refractivity contribution in [2.45, 2.75) is 6.92 Å². The molecule has 0 radical (unpaired) electrons. The third-order valence-corrected chi connectivity index (χ3v) is 1.83. The van der Waals surface area contributed by atoms with Crippen LogP contribution in [0, 0.1) is 18.6 Å². The quantitative estimate of drug-likeness (QED) is 0.681. The van der Waals surface area contributed by atoms with Gasteiger partial charge in [0, 0.05) is 12.3 Å². The van der Waals surface area contributed by atoms with E-state index in [-0.39, 0.29) is 0 Å². The van der Waals surface area contributed by atoms with E-state index >= 15 is 0 Å². The monoisotopic (exact) mass is 194 g/mol. The molecule has 0 saturated heterocycles. The molecule has 0 fully saturated rings. The normalized spacial score (nSPS) is 10.5. The second kappa shape index (κ2) is 3.21. The third kappa shape index (κ3) is 1.64. The smallest absolute Gasteiger partial charge is 0.128 e. The second-order valence-electron chi connectivity index (χ2n) is 3.03. The fraction of sp³-hybridized carbons (Fsp3) is 0.100. The molecule has 0 N–H and O–H groups in total. The SMILES string of the molecule is Cc1ccn(-c2cc(F)cc(F)c2)n1. The summed E-state index contributed by atoms with van der Waals surface area (Å²) >= 11 is 0. The van der Waals surface area contributed by atoms with Crippen LogP contribution >= 0.6 is 0 Å². The summed E-state index contributed by atoms with van der Waals surface area (Å²) in [6.07, 6.45) is 1.66. The highest BCUT2D eigenvalue weighted by Gasteiger charge is 2.02. The largest absolute Gasteiger partial charge is 0.241 e. The predicted octanol–water partition coefficient (Wildman–Crippen LogP) is 2.46. The fourth-order valence-electron chi connectivity index (χ4n) is 1.23. The van der Waals surface area contributed by atoms with Crippen LogP contribution in [0.3, 0.4) is 0 Å². The van der Waals surface area contributed by atoms with Gasteiger partial charge < -0.3 is 0 Å². The van der Waals surface area contributed by atoms with Crippen LogP contribution in [0.2, 0.25) is 0 Å². The van der Waals surface area contributed by atoms with Gasteiger partial charge in [0.25, 0.3) is 0 Å². The van der Waals surface area contributed by atoms with Crippen molar-refractivity contribution in [2.24, 2.45) is 0 Å². The summed E-state index contributed by atoms with van der Waals surface area (Å²) in [5.41, 5.74) is 1.19. The molecule has 1 aromatic carbocycles. The van der Waals surface area contributed by atoms with Gasteiger partial charge in [-0.25, -0.2) is 13.5 Å². The molecular weight excluding hydrogens is 186 g/mol. The molecule has 0 amide bonds. The average Bonchev–Trinajstić information content (AvgIpc) is 2.50. The van der Waals surface area contributed by atoms with Gasteiger partial charge >= 0.3 is 0 Å². The van der Waals surface area contributed by atoms with Crippen LogP contribution in [-0.2, 0) is 0 Å². The average molecular weight is 194 g/mol. The van der Waals surface area contributed by atoms with Gasteiger partial charge in [0.05, 0.1) is 11.4 Å². The van der Waals surface area contributed by atoms with Gasteiger partial charge in [-0.05, 0) is 25.1 Å². The second-order valence-corrected chi connectivity index (χ2v) is 3.03. The summed E-state index contributed by atoms with van der Waals surface area (Å²) in [4.78, 5) is 0. The van der Waals surface area contributed by atoms with Crippen molar-refractivity contribution in [1.29, 1.82) is 0 Å². The number of benzene rings is 1. The van der Waals surface area contributed by atoms with E-state index in [2.05, 4.69) is 5.10 Å². The number of hydrogen-bond acceptors (Lipinski definition) is 1. The molecule has 0 aliphatic carbocycles. The summed E-state index contributed by atoms with van der Waals surface area (Å²) in [6.45, 7) is 1.81. The number of aromatic nitrogens is 2. The minimum absolute atomic E-state index is 0.385. The minimum atomic E-state index is -0.604. The Morgan fingerprint density at radius 1 is 1.14 bits per heavy atom. The summed E-state index contributed by atoms with van der Waals surface area (Å²) < 4.78 is 27.1. The maximum absolute atomic E-state index is 12.8. The zero-order valence-electron chi connectivity index (χ0n) is 7.54. The first-order valence-electron chi connectivity index (χ1n) is 4.14. The molecule has 4 heteroatoms. The molecule has 2 aromatic rings. The first-order chi connectivity index (χ1) is 6.65. The number of nitrogens with zero attached hydrogens (tertiary/aromatic N) is 2. The lowest BCUT2D eigenvalue weighted by atomic mass is 10.3. The molecule has 0 spiro atoms. The van der Waals surface area contributed by atoms with Crippen LogP contribution < -0.4 is 0 Å². The lowest BCUT2D eigenvalue weighted by Gasteiger charge is -2.01. The topological polar surface area (TPSA) is 17.8 Å². The Kier molecular flexibility index (Phi) is 2.04. The van der Waals surface area contributed by atoms with Gasteiger partial charge in [0.2, 0.25) is 0 Å². The molecule has 0 aliphatic heterocycles. The van der Waals surface area contributed by atoms with Crippen molar-refractivity contribution >= 4 is 0 Å². The molecule has 0 atom stereocenters. The van der Waals surface area contributed by atoms with E-state index in [0.29, 0.717) is 5.69 Å². The van der Waals surface area contributed by atoms with Gasteiger partial charge in [-0.15, -0.1) is 0 Å². The van der Waals surface area contributed by atoms with E-state index < -0.39 is 11.6 Å². The third-order valence-electron chi connectivity index (χ3n) is 1.83. The highest BCUT2D eigenvalue weighted by molar-refractivity contribution is 5.32. The zero-order chi connectivity index (χ0) is 10.1. The maximum Gasteiger partial charge on any atom is 0.128 e. The lowest BCUT2D eigenvalue weighted by molar-refractivity contribution is 0.580. The number of halogens is 2. The first-order valence-corrected chi connectivity index (χ1v) is 4.14. The van der Waals surface area contributed by atoms with Gasteiger partial charge in [0.15, 0.2) is 0 Å². The number of rotatable bonds is 1. The molecular formula is C10H8F2N2. The van der Waals surface area contributed by atoms with Crippen LogP contribution in [-0.4, -0.2) is 9.78 Å². The summed E-state index contributed by atoms with van der Waals surface area (Å²) in [7, 11) is 0. The van der Waals surface area contributed by atoms with Crippen molar-refractivity contribution in [3.63, 3.8) is 0 Å². The van der Waals surface area contributed by atoms with Gasteiger partial charge in [-0.3, -0.25) is 0 Å². The van der Waals surface area contributed by atoms with E-state index in [0.717, 1.165) is 11.8 Å². The van der Waals surface area contributed by atoms with E-state index in [4.69, 9.17) is 0 Å². The van der Waals surface area contributed by atoms with E-state index in [1.165, 1.54) is 16.8 Å². The van der Waals surface area contributed by atoms with Crippen LogP contribution in [0.25, 0.3) is 5.69 Å². The Labute approximate surface area is 79.8 Å². The van der Waals surface area contributed by atoms with Crippen molar-refractivity contribution in [2.75, 3.05) is 0 Å². The standard InChI is InChI=1S/C10H8F2N2/c1-7-2-3-14(13-7)10-5-8(11)4-9(12)6-10/h2-6H,1H3. The molecule has 14 heavy (non-hydrogen) atoms. The van der Waals surface area contributed by atoms with Crippen molar-refractivity contribution in [1.82, 2.24) is 9.78 Å². The molecule has 0 unspecified atom stereocenters. The molecule has 2 nitrogen and oxygen atoms in total. The molecule has 0 bridgehead atoms. The lowest BCUT2D eigenvalue weighted by Crippen LogP contribution is -1.96. The van der Waals surface area contributed by atoms with Crippen molar-refractivity contribution < 1.29 is 8.78 Å². The molecule has 2 rings (SSSR count). The van der Waals surface area contributed by atoms with Crippen molar-refractivity contribution in [3.8, 4) is 5.69 Å². The molecule has 1 heterocycles. The Bertz CT molecular complexity index is 443. The Morgan fingerprint density at radius 3 is 2.29 bits per heavy atom. The molecule has 1 aromatic heterocycles. The van der Waals surface area contributed by atoms with Gasteiger partial charge in [-0.1, -0.05) is 0 Å². The van der Waals surface area contributed by atoms with Crippen molar-refractivity contribution in [3.05, 3.63) is 47.8 Å². The van der Waals surface area contributed by atoms with E-state index in [1.54, 1.807) is 12.3 Å². The minimum Gasteiger partial charge on any atom is -0.241 e. The number of hydrogen-bond donors (Lipinski definition) is 0. The summed E-state index contributed by atoms with van der Waals surface area (Å²) in [5, 5.41) is 4.05. The Balaban J connectivity index is 2.51. The summed E-state index contributed by atoms with van der Waals surface area (Å²) in [5.74, 6) is -1.21. The van der Waals surface area contributed by atoms with E-state index in [9.17, 15) is 8.78 Å². The highest BCUT2D eigenvalue weighted by atomic mass is 19.1. The fourth-order valence-corrected chi connectivity index (χ4v) is 1.23.